The maximum absolute atomic E-state index is 5.63. The summed E-state index contributed by atoms with van der Waals surface area (Å²) in [7, 11) is 0. The summed E-state index contributed by atoms with van der Waals surface area (Å²) in [6.45, 7) is 4.05. The Labute approximate surface area is 133 Å². The minimum Gasteiger partial charge on any atom is -0.491 e. The molecule has 3 nitrogen and oxygen atoms in total. The van der Waals surface area contributed by atoms with Crippen LogP contribution in [0.4, 0.5) is 5.69 Å². The first-order valence-electron chi connectivity index (χ1n) is 7.98. The molecule has 4 heteroatoms. The fourth-order valence-electron chi connectivity index (χ4n) is 2.67. The average Bonchev–Trinajstić information content (AvgIpc) is 2.69. The molecule has 0 aliphatic heterocycles. The predicted molar refractivity (Wildman–Crippen MR) is 93.1 cm³/mol. The normalized spacial score (nSPS) is 16.3. The Morgan fingerprint density at radius 2 is 1.71 bits per heavy atom. The van der Waals surface area contributed by atoms with E-state index in [0.717, 1.165) is 16.5 Å². The topological polar surface area (TPSA) is 33.3 Å². The van der Waals surface area contributed by atoms with Crippen LogP contribution >= 0.6 is 12.2 Å². The molecule has 0 spiro atoms. The molecule has 1 aliphatic carbocycles. The molecule has 1 fully saturated rings. The summed E-state index contributed by atoms with van der Waals surface area (Å²) >= 11 is 5.41. The Morgan fingerprint density at radius 1 is 1.10 bits per heavy atom. The van der Waals surface area contributed by atoms with Crippen molar-refractivity contribution in [1.29, 1.82) is 0 Å². The van der Waals surface area contributed by atoms with Gasteiger partial charge in [-0.25, -0.2) is 0 Å². The summed E-state index contributed by atoms with van der Waals surface area (Å²) in [6, 6.07) is 8.46. The van der Waals surface area contributed by atoms with Gasteiger partial charge in [0.2, 0.25) is 0 Å². The van der Waals surface area contributed by atoms with E-state index in [1.54, 1.807) is 0 Å². The van der Waals surface area contributed by atoms with Crippen molar-refractivity contribution in [2.75, 3.05) is 5.32 Å². The molecule has 0 radical (unpaired) electrons. The number of ether oxygens (including phenoxy) is 1. The van der Waals surface area contributed by atoms with E-state index in [-0.39, 0.29) is 6.10 Å². The summed E-state index contributed by atoms with van der Waals surface area (Å²) in [5.74, 6) is 0.887. The molecule has 2 N–H and O–H groups in total. The number of anilines is 1. The van der Waals surface area contributed by atoms with E-state index in [4.69, 9.17) is 17.0 Å². The maximum atomic E-state index is 5.63. The van der Waals surface area contributed by atoms with Gasteiger partial charge in [-0.05, 0) is 63.2 Å². The van der Waals surface area contributed by atoms with Crippen LogP contribution in [0.25, 0.3) is 0 Å². The molecule has 0 unspecified atom stereocenters. The number of rotatable bonds is 4. The monoisotopic (exact) mass is 306 g/mol. The highest BCUT2D eigenvalue weighted by atomic mass is 32.1. The zero-order valence-electron chi connectivity index (χ0n) is 13.0. The number of benzene rings is 1. The molecule has 1 saturated carbocycles. The van der Waals surface area contributed by atoms with Crippen molar-refractivity contribution in [3.05, 3.63) is 24.3 Å². The lowest BCUT2D eigenvalue weighted by Gasteiger charge is -2.19. The third kappa shape index (κ3) is 5.92. The van der Waals surface area contributed by atoms with Gasteiger partial charge in [-0.2, -0.15) is 0 Å². The second-order valence-electron chi connectivity index (χ2n) is 5.98. The van der Waals surface area contributed by atoms with Crippen molar-refractivity contribution >= 4 is 23.0 Å². The van der Waals surface area contributed by atoms with Crippen molar-refractivity contribution in [3.8, 4) is 5.75 Å². The zero-order chi connectivity index (χ0) is 15.1. The van der Waals surface area contributed by atoms with Crippen LogP contribution in [0.2, 0.25) is 0 Å². The van der Waals surface area contributed by atoms with Crippen LogP contribution in [-0.2, 0) is 0 Å². The SMILES string of the molecule is CC(C)Oc1ccc(NC(=S)NC2CCCCCC2)cc1. The number of thiocarbonyl (C=S) groups is 1. The molecular formula is C17H26N2OS. The van der Waals surface area contributed by atoms with Gasteiger partial charge in [-0.3, -0.25) is 0 Å². The van der Waals surface area contributed by atoms with Gasteiger partial charge in [0.05, 0.1) is 6.10 Å². The first-order valence-corrected chi connectivity index (χ1v) is 8.38. The lowest BCUT2D eigenvalue weighted by Crippen LogP contribution is -2.37. The highest BCUT2D eigenvalue weighted by molar-refractivity contribution is 7.80. The standard InChI is InChI=1S/C17H26N2OS/c1-13(2)20-16-11-9-15(10-12-16)19-17(21)18-14-7-5-3-4-6-8-14/h9-14H,3-8H2,1-2H3,(H2,18,19,21). The molecule has 0 amide bonds. The van der Waals surface area contributed by atoms with E-state index in [1.165, 1.54) is 38.5 Å². The summed E-state index contributed by atoms with van der Waals surface area (Å²) in [5, 5.41) is 7.42. The van der Waals surface area contributed by atoms with Crippen LogP contribution in [0.5, 0.6) is 5.75 Å². The summed E-state index contributed by atoms with van der Waals surface area (Å²) in [5.41, 5.74) is 0.997. The molecule has 0 bridgehead atoms. The predicted octanol–water partition coefficient (Wildman–Crippen LogP) is 4.48. The number of hydrogen-bond acceptors (Lipinski definition) is 2. The summed E-state index contributed by atoms with van der Waals surface area (Å²) < 4.78 is 5.63. The summed E-state index contributed by atoms with van der Waals surface area (Å²) in [4.78, 5) is 0. The Hall–Kier alpha value is -1.29. The van der Waals surface area contributed by atoms with Crippen LogP contribution in [0.1, 0.15) is 52.4 Å². The number of hydrogen-bond donors (Lipinski definition) is 2. The van der Waals surface area contributed by atoms with E-state index in [9.17, 15) is 0 Å². The fraction of sp³-hybridized carbons (Fsp3) is 0.588. The van der Waals surface area contributed by atoms with Crippen LogP contribution < -0.4 is 15.4 Å². The molecule has 0 aromatic heterocycles. The van der Waals surface area contributed by atoms with Crippen LogP contribution in [-0.4, -0.2) is 17.3 Å². The van der Waals surface area contributed by atoms with Gasteiger partial charge in [0.15, 0.2) is 5.11 Å². The molecule has 21 heavy (non-hydrogen) atoms. The molecule has 0 heterocycles. The van der Waals surface area contributed by atoms with Crippen LogP contribution in [0, 0.1) is 0 Å². The highest BCUT2D eigenvalue weighted by Crippen LogP contribution is 2.19. The van der Waals surface area contributed by atoms with Crippen molar-refractivity contribution in [2.45, 2.75) is 64.5 Å². The van der Waals surface area contributed by atoms with Gasteiger partial charge in [-0.15, -0.1) is 0 Å². The lowest BCUT2D eigenvalue weighted by atomic mass is 10.1. The van der Waals surface area contributed by atoms with Gasteiger partial charge in [0, 0.05) is 11.7 Å². The third-order valence-electron chi connectivity index (χ3n) is 3.67. The van der Waals surface area contributed by atoms with Gasteiger partial charge >= 0.3 is 0 Å². The third-order valence-corrected chi connectivity index (χ3v) is 3.89. The smallest absolute Gasteiger partial charge is 0.170 e. The first-order chi connectivity index (χ1) is 10.1. The minimum atomic E-state index is 0.196. The van der Waals surface area contributed by atoms with Crippen molar-refractivity contribution in [1.82, 2.24) is 5.32 Å². The maximum Gasteiger partial charge on any atom is 0.170 e. The van der Waals surface area contributed by atoms with Crippen LogP contribution in [0.15, 0.2) is 24.3 Å². The quantitative estimate of drug-likeness (QED) is 0.634. The molecule has 1 aliphatic rings. The molecule has 2 rings (SSSR count). The van der Waals surface area contributed by atoms with E-state index < -0.39 is 0 Å². The van der Waals surface area contributed by atoms with Gasteiger partial charge in [0.1, 0.15) is 5.75 Å². The second-order valence-corrected chi connectivity index (χ2v) is 6.39. The Balaban J connectivity index is 1.81. The molecule has 1 aromatic rings. The summed E-state index contributed by atoms with van der Waals surface area (Å²) in [6.07, 6.45) is 7.97. The van der Waals surface area contributed by atoms with Gasteiger partial charge < -0.3 is 15.4 Å². The van der Waals surface area contributed by atoms with Gasteiger partial charge in [0.25, 0.3) is 0 Å². The lowest BCUT2D eigenvalue weighted by molar-refractivity contribution is 0.242. The second kappa shape index (κ2) is 8.23. The Bertz CT molecular complexity index is 437. The number of nitrogens with one attached hydrogen (secondary N) is 2. The fourth-order valence-corrected chi connectivity index (χ4v) is 2.95. The van der Waals surface area contributed by atoms with Crippen LogP contribution in [0.3, 0.4) is 0 Å². The molecule has 0 atom stereocenters. The van der Waals surface area contributed by atoms with Crippen molar-refractivity contribution in [3.63, 3.8) is 0 Å². The highest BCUT2D eigenvalue weighted by Gasteiger charge is 2.12. The largest absolute Gasteiger partial charge is 0.491 e. The van der Waals surface area contributed by atoms with E-state index >= 15 is 0 Å². The Kier molecular flexibility index (Phi) is 6.30. The van der Waals surface area contributed by atoms with E-state index in [1.807, 2.05) is 38.1 Å². The molecule has 0 saturated heterocycles. The molecular weight excluding hydrogens is 280 g/mol. The zero-order valence-corrected chi connectivity index (χ0v) is 13.8. The molecule has 1 aromatic carbocycles. The van der Waals surface area contributed by atoms with Crippen molar-refractivity contribution < 1.29 is 4.74 Å². The molecule has 116 valence electrons. The van der Waals surface area contributed by atoms with Crippen molar-refractivity contribution in [2.24, 2.45) is 0 Å². The first kappa shape index (κ1) is 16.1. The van der Waals surface area contributed by atoms with E-state index in [0.29, 0.717) is 6.04 Å². The van der Waals surface area contributed by atoms with E-state index in [2.05, 4.69) is 10.6 Å². The average molecular weight is 306 g/mol. The Morgan fingerprint density at radius 3 is 2.29 bits per heavy atom. The minimum absolute atomic E-state index is 0.196. The van der Waals surface area contributed by atoms with Gasteiger partial charge in [-0.1, -0.05) is 25.7 Å².